The minimum atomic E-state index is -4.11. The van der Waals surface area contributed by atoms with Gasteiger partial charge >= 0.3 is 10.3 Å². The number of aromatic nitrogens is 4. The third-order valence-corrected chi connectivity index (χ3v) is 5.58. The molecule has 2 unspecified atom stereocenters. The Morgan fingerprint density at radius 3 is 2.82 bits per heavy atom. The maximum Gasteiger partial charge on any atom is 0.333 e. The van der Waals surface area contributed by atoms with Crippen molar-refractivity contribution in [3.8, 4) is 0 Å². The lowest BCUT2D eigenvalue weighted by molar-refractivity contribution is 0.103. The highest BCUT2D eigenvalue weighted by Crippen LogP contribution is 2.29. The van der Waals surface area contributed by atoms with E-state index in [0.717, 1.165) is 5.56 Å². The molecule has 2 heterocycles. The van der Waals surface area contributed by atoms with Crippen LogP contribution >= 0.6 is 0 Å². The van der Waals surface area contributed by atoms with Crippen molar-refractivity contribution in [2.45, 2.75) is 25.6 Å². The molecule has 0 amide bonds. The fourth-order valence-corrected chi connectivity index (χ4v) is 3.94. The highest BCUT2D eigenvalue weighted by molar-refractivity contribution is 7.84. The van der Waals surface area contributed by atoms with E-state index in [0.29, 0.717) is 6.54 Å². The third-order valence-electron chi connectivity index (χ3n) is 5.11. The zero-order valence-electron chi connectivity index (χ0n) is 17.4. The summed E-state index contributed by atoms with van der Waals surface area (Å²) in [5, 5.41) is 9.16. The molecule has 0 spiro atoms. The number of hydrogen-bond acceptors (Lipinski definition) is 8. The molecule has 0 radical (unpaired) electrons. The number of hydrogen-bond donors (Lipinski definition) is 1. The van der Waals surface area contributed by atoms with E-state index in [2.05, 4.69) is 24.2 Å². The largest absolute Gasteiger partial charge is 0.333 e. The van der Waals surface area contributed by atoms with Crippen LogP contribution in [0.2, 0.25) is 0 Å². The minimum absolute atomic E-state index is 0.0262. The molecular formula is C21H21FN6O4S. The molecule has 1 fully saturated rings. The van der Waals surface area contributed by atoms with Crippen molar-refractivity contribution < 1.29 is 21.8 Å². The number of ketones is 1. The van der Waals surface area contributed by atoms with Crippen LogP contribution in [0.15, 0.2) is 60.1 Å². The van der Waals surface area contributed by atoms with Crippen molar-refractivity contribution in [1.82, 2.24) is 19.7 Å². The fraction of sp³-hybridized carbons (Fsp3) is 0.286. The summed E-state index contributed by atoms with van der Waals surface area (Å²) in [7, 11) is -4.11. The van der Waals surface area contributed by atoms with Crippen LogP contribution in [-0.2, 0) is 21.0 Å². The first-order chi connectivity index (χ1) is 15.8. The Bertz CT molecular complexity index is 1280. The van der Waals surface area contributed by atoms with Crippen LogP contribution in [0.3, 0.4) is 0 Å². The van der Waals surface area contributed by atoms with E-state index >= 15 is 0 Å². The van der Waals surface area contributed by atoms with Crippen LogP contribution in [0.1, 0.15) is 34.5 Å². The van der Waals surface area contributed by atoms with Crippen LogP contribution in [0, 0.1) is 5.92 Å². The van der Waals surface area contributed by atoms with E-state index in [1.165, 1.54) is 12.5 Å². The summed E-state index contributed by atoms with van der Waals surface area (Å²) in [5.41, 5.74) is 1.46. The molecule has 1 saturated carbocycles. The zero-order chi connectivity index (χ0) is 23.4. The van der Waals surface area contributed by atoms with Gasteiger partial charge in [0.05, 0.1) is 24.4 Å². The summed E-state index contributed by atoms with van der Waals surface area (Å²) >= 11 is 0. The highest BCUT2D eigenvalue weighted by atomic mass is 32.2. The number of carbonyl (C=O) groups excluding carboxylic acids is 1. The summed E-state index contributed by atoms with van der Waals surface area (Å²) < 4.78 is 42.6. The second-order valence-corrected chi connectivity index (χ2v) is 8.85. The topological polar surface area (TPSA) is 142 Å². The molecule has 10 nitrogen and oxygen atoms in total. The van der Waals surface area contributed by atoms with Crippen molar-refractivity contribution >= 4 is 27.6 Å². The monoisotopic (exact) mass is 472 g/mol. The van der Waals surface area contributed by atoms with Crippen molar-refractivity contribution in [2.24, 2.45) is 16.0 Å². The van der Waals surface area contributed by atoms with Gasteiger partial charge in [-0.3, -0.25) is 13.7 Å². The van der Waals surface area contributed by atoms with E-state index in [-0.39, 0.29) is 42.2 Å². The van der Waals surface area contributed by atoms with Crippen molar-refractivity contribution in [3.05, 3.63) is 71.9 Å². The lowest BCUT2D eigenvalue weighted by Gasteiger charge is -2.06. The molecule has 2 atom stereocenters. The average molecular weight is 473 g/mol. The van der Waals surface area contributed by atoms with E-state index in [1.54, 1.807) is 16.9 Å². The van der Waals surface area contributed by atoms with Crippen molar-refractivity contribution in [1.29, 1.82) is 0 Å². The SMILES string of the molecule is NS(=O)(=O)OCC1CC(=Nc2ncncc2C(=O)c2ccn(Cc3ccccc3)n2)C(F)C1. The maximum atomic E-state index is 14.5. The molecule has 4 rings (SSSR count). The Hall–Kier alpha value is -3.35. The second kappa shape index (κ2) is 9.65. The smallest absolute Gasteiger partial charge is 0.287 e. The highest BCUT2D eigenvalue weighted by Gasteiger charge is 2.32. The predicted molar refractivity (Wildman–Crippen MR) is 117 cm³/mol. The molecule has 1 aliphatic carbocycles. The molecule has 172 valence electrons. The van der Waals surface area contributed by atoms with Gasteiger partial charge < -0.3 is 0 Å². The first-order valence-corrected chi connectivity index (χ1v) is 11.6. The summed E-state index contributed by atoms with van der Waals surface area (Å²) in [6.07, 6.45) is 3.00. The standard InChI is InChI=1S/C21H21FN6O4S/c22-17-8-15(12-32-33(23,30)31)9-19(17)26-21-16(10-24-13-25-21)20(29)18-6-7-28(27-18)11-14-4-2-1-3-5-14/h1-7,10,13,15,17H,8-9,11-12H2,(H2,23,30,31). The number of nitrogens with two attached hydrogens (primary N) is 1. The number of benzene rings is 1. The second-order valence-electron chi connectivity index (χ2n) is 7.63. The molecule has 0 saturated heterocycles. The van der Waals surface area contributed by atoms with Gasteiger partial charge in [0.15, 0.2) is 5.82 Å². The number of aliphatic imine (C=N–C) groups is 1. The van der Waals surface area contributed by atoms with Gasteiger partial charge in [-0.1, -0.05) is 30.3 Å². The third kappa shape index (κ3) is 5.92. The maximum absolute atomic E-state index is 14.5. The molecule has 0 bridgehead atoms. The number of carbonyl (C=O) groups is 1. The lowest BCUT2D eigenvalue weighted by atomic mass is 10.1. The van der Waals surface area contributed by atoms with Crippen LogP contribution in [0.4, 0.5) is 10.2 Å². The van der Waals surface area contributed by atoms with E-state index < -0.39 is 28.2 Å². The molecule has 1 aliphatic rings. The number of halogens is 1. The van der Waals surface area contributed by atoms with Crippen LogP contribution in [0.5, 0.6) is 0 Å². The Labute approximate surface area is 189 Å². The van der Waals surface area contributed by atoms with Crippen LogP contribution < -0.4 is 5.14 Å². The van der Waals surface area contributed by atoms with Crippen molar-refractivity contribution in [3.63, 3.8) is 0 Å². The van der Waals surface area contributed by atoms with Gasteiger partial charge in [-0.05, 0) is 30.4 Å². The van der Waals surface area contributed by atoms with Crippen LogP contribution in [0.25, 0.3) is 0 Å². The minimum Gasteiger partial charge on any atom is -0.287 e. The predicted octanol–water partition coefficient (Wildman–Crippen LogP) is 1.99. The fourth-order valence-electron chi connectivity index (χ4n) is 3.56. The van der Waals surface area contributed by atoms with Gasteiger partial charge in [-0.15, -0.1) is 0 Å². The molecule has 3 aromatic rings. The van der Waals surface area contributed by atoms with Gasteiger partial charge in [0.1, 0.15) is 18.2 Å². The van der Waals surface area contributed by atoms with Gasteiger partial charge in [0, 0.05) is 12.4 Å². The Morgan fingerprint density at radius 1 is 1.27 bits per heavy atom. The van der Waals surface area contributed by atoms with Gasteiger partial charge in [-0.2, -0.15) is 13.5 Å². The molecule has 33 heavy (non-hydrogen) atoms. The van der Waals surface area contributed by atoms with E-state index in [4.69, 9.17) is 5.14 Å². The quantitative estimate of drug-likeness (QED) is 0.494. The van der Waals surface area contributed by atoms with E-state index in [9.17, 15) is 17.6 Å². The average Bonchev–Trinajstić information content (AvgIpc) is 3.39. The summed E-state index contributed by atoms with van der Waals surface area (Å²) in [5.74, 6) is -0.825. The van der Waals surface area contributed by atoms with Crippen molar-refractivity contribution in [2.75, 3.05) is 6.61 Å². The number of nitrogens with zero attached hydrogens (tertiary/aromatic N) is 5. The first kappa shape index (κ1) is 22.8. The molecule has 2 N–H and O–H groups in total. The zero-order valence-corrected chi connectivity index (χ0v) is 18.2. The lowest BCUT2D eigenvalue weighted by Crippen LogP contribution is -2.19. The van der Waals surface area contributed by atoms with Crippen LogP contribution in [-0.4, -0.2) is 52.4 Å². The first-order valence-electron chi connectivity index (χ1n) is 10.1. The van der Waals surface area contributed by atoms with Gasteiger partial charge in [0.2, 0.25) is 5.78 Å². The molecule has 2 aromatic heterocycles. The number of alkyl halides is 1. The van der Waals surface area contributed by atoms with Gasteiger partial charge in [-0.25, -0.2) is 24.5 Å². The Kier molecular flexibility index (Phi) is 6.67. The summed E-state index contributed by atoms with van der Waals surface area (Å²) in [6.45, 7) is 0.257. The Balaban J connectivity index is 1.51. The molecule has 0 aliphatic heterocycles. The summed E-state index contributed by atoms with van der Waals surface area (Å²) in [6, 6.07) is 11.3. The molecule has 1 aromatic carbocycles. The molecular weight excluding hydrogens is 451 g/mol. The van der Waals surface area contributed by atoms with E-state index in [1.807, 2.05) is 30.3 Å². The molecule has 12 heteroatoms. The Morgan fingerprint density at radius 2 is 2.06 bits per heavy atom. The normalized spacial score (nSPS) is 19.8. The number of rotatable bonds is 8. The summed E-state index contributed by atoms with van der Waals surface area (Å²) in [4.78, 5) is 25.2. The van der Waals surface area contributed by atoms with Gasteiger partial charge in [0.25, 0.3) is 0 Å².